The second-order valence-electron chi connectivity index (χ2n) is 22.8. The van der Waals surface area contributed by atoms with E-state index in [1.54, 1.807) is 0 Å². The van der Waals surface area contributed by atoms with Crippen LogP contribution in [0.4, 0.5) is 0 Å². The van der Waals surface area contributed by atoms with Crippen molar-refractivity contribution < 1.29 is 42.1 Å². The molecule has 0 aliphatic heterocycles. The van der Waals surface area contributed by atoms with Crippen molar-refractivity contribution in [1.29, 1.82) is 0 Å². The van der Waals surface area contributed by atoms with Gasteiger partial charge in [-0.15, -0.1) is 0 Å². The minimum Gasteiger partial charge on any atom is -0.756 e. The number of unbranched alkanes of at least 4 members (excludes halogenated alkanes) is 31. The van der Waals surface area contributed by atoms with Gasteiger partial charge in [0.2, 0.25) is 0 Å². The smallest absolute Gasteiger partial charge is 0.306 e. The second kappa shape index (κ2) is 58.8. The van der Waals surface area contributed by atoms with Crippen molar-refractivity contribution in [3.8, 4) is 0 Å². The van der Waals surface area contributed by atoms with Gasteiger partial charge >= 0.3 is 11.9 Å². The molecule has 0 amide bonds. The van der Waals surface area contributed by atoms with Gasteiger partial charge in [0, 0.05) is 12.8 Å². The molecule has 0 bridgehead atoms. The van der Waals surface area contributed by atoms with Crippen LogP contribution in [0.3, 0.4) is 0 Å². The fourth-order valence-electron chi connectivity index (χ4n) is 8.99. The van der Waals surface area contributed by atoms with Gasteiger partial charge in [-0.1, -0.05) is 285 Å². The zero-order valence-corrected chi connectivity index (χ0v) is 52.2. The molecule has 9 nitrogen and oxygen atoms in total. The molecule has 0 aliphatic carbocycles. The van der Waals surface area contributed by atoms with E-state index in [1.807, 2.05) is 21.1 Å². The summed E-state index contributed by atoms with van der Waals surface area (Å²) in [5, 5.41) is 0. The average Bonchev–Trinajstić information content (AvgIpc) is 3.40. The minimum absolute atomic E-state index is 0.0340. The molecule has 452 valence electrons. The molecule has 2 atom stereocenters. The third-order valence-corrected chi connectivity index (χ3v) is 14.9. The van der Waals surface area contributed by atoms with Crippen molar-refractivity contribution in [2.75, 3.05) is 47.5 Å². The molecule has 0 aromatic rings. The maximum atomic E-state index is 12.8. The number of quaternary nitrogens is 1. The number of carbonyl (C=O) groups excluding carboxylic acids is 2. The van der Waals surface area contributed by atoms with Gasteiger partial charge in [-0.25, -0.2) is 0 Å². The van der Waals surface area contributed by atoms with Crippen molar-refractivity contribution in [3.63, 3.8) is 0 Å². The molecule has 10 heteroatoms. The maximum absolute atomic E-state index is 12.8. The zero-order chi connectivity index (χ0) is 57.0. The summed E-state index contributed by atoms with van der Waals surface area (Å²) in [6, 6.07) is 0. The van der Waals surface area contributed by atoms with E-state index in [-0.39, 0.29) is 32.0 Å². The van der Waals surface area contributed by atoms with E-state index >= 15 is 0 Å². The van der Waals surface area contributed by atoms with Gasteiger partial charge in [0.1, 0.15) is 19.8 Å². The van der Waals surface area contributed by atoms with Gasteiger partial charge in [0.05, 0.1) is 27.7 Å². The first kappa shape index (κ1) is 75.2. The molecule has 2 unspecified atom stereocenters. The van der Waals surface area contributed by atoms with Crippen LogP contribution in [0.15, 0.2) is 85.1 Å². The molecule has 0 saturated carbocycles. The Labute approximate surface area is 481 Å². The zero-order valence-electron chi connectivity index (χ0n) is 51.3. The van der Waals surface area contributed by atoms with E-state index in [0.717, 1.165) is 89.9 Å². The number of rotatable bonds is 59. The first-order valence-corrected chi connectivity index (χ1v) is 33.8. The highest BCUT2D eigenvalue weighted by Gasteiger charge is 2.22. The van der Waals surface area contributed by atoms with Crippen molar-refractivity contribution in [2.24, 2.45) is 0 Å². The predicted molar refractivity (Wildman–Crippen MR) is 332 cm³/mol. The molecule has 0 aliphatic rings. The van der Waals surface area contributed by atoms with Crippen LogP contribution in [0.25, 0.3) is 0 Å². The number of allylic oxidation sites excluding steroid dienone is 14. The van der Waals surface area contributed by atoms with Gasteiger partial charge in [0.15, 0.2) is 6.10 Å². The summed E-state index contributed by atoms with van der Waals surface area (Å²) in [7, 11) is 1.16. The Balaban J connectivity index is 4.13. The van der Waals surface area contributed by atoms with Gasteiger partial charge in [-0.2, -0.15) is 0 Å². The summed E-state index contributed by atoms with van der Waals surface area (Å²) in [6.45, 7) is 4.15. The van der Waals surface area contributed by atoms with Gasteiger partial charge in [0.25, 0.3) is 7.82 Å². The molecule has 0 fully saturated rings. The number of carbonyl (C=O) groups is 2. The Hall–Kier alpha value is -2.81. The van der Waals surface area contributed by atoms with Crippen molar-refractivity contribution in [1.82, 2.24) is 0 Å². The van der Waals surface area contributed by atoms with Crippen LogP contribution in [0.2, 0.25) is 0 Å². The first-order valence-electron chi connectivity index (χ1n) is 32.3. The van der Waals surface area contributed by atoms with Crippen LogP contribution >= 0.6 is 7.82 Å². The molecule has 0 radical (unpaired) electrons. The summed E-state index contributed by atoms with van der Waals surface area (Å²) in [5.74, 6) is -0.832. The van der Waals surface area contributed by atoms with Crippen molar-refractivity contribution >= 4 is 19.8 Å². The van der Waals surface area contributed by atoms with Crippen LogP contribution < -0.4 is 4.89 Å². The largest absolute Gasteiger partial charge is 0.756 e. The normalized spacial score (nSPS) is 13.8. The molecule has 0 rings (SSSR count). The third-order valence-electron chi connectivity index (χ3n) is 13.9. The number of phosphoric acid groups is 1. The van der Waals surface area contributed by atoms with E-state index in [1.165, 1.54) is 161 Å². The molecule has 78 heavy (non-hydrogen) atoms. The van der Waals surface area contributed by atoms with Crippen LogP contribution in [0.1, 0.15) is 284 Å². The Morgan fingerprint density at radius 2 is 0.731 bits per heavy atom. The number of hydrogen-bond acceptors (Lipinski definition) is 8. The Bertz CT molecular complexity index is 1590. The molecule has 0 aromatic heterocycles. The van der Waals surface area contributed by atoms with Crippen LogP contribution in [0.5, 0.6) is 0 Å². The third kappa shape index (κ3) is 62.4. The molecular formula is C68H122NO8P. The lowest BCUT2D eigenvalue weighted by Gasteiger charge is -2.28. The summed E-state index contributed by atoms with van der Waals surface area (Å²) < 4.78 is 34.3. The monoisotopic (exact) mass is 1110 g/mol. The lowest BCUT2D eigenvalue weighted by Crippen LogP contribution is -2.37. The fraction of sp³-hybridized carbons (Fsp3) is 0.765. The topological polar surface area (TPSA) is 111 Å². The van der Waals surface area contributed by atoms with Gasteiger partial charge in [-0.3, -0.25) is 14.2 Å². The number of ether oxygens (including phenoxy) is 2. The molecule has 0 saturated heterocycles. The second-order valence-corrected chi connectivity index (χ2v) is 24.2. The SMILES string of the molecule is CC/C=C\C/C=C\C/C=C\C/C=C\C/C=C\C/C=C\C/C=C\CCCCCCCCCCCC(=O)OC(COC(=O)CCCCCCCCCCCCCCCCCCCCCCCCC)COP(=O)([O-])OCC[N+](C)(C)C. The van der Waals surface area contributed by atoms with Crippen LogP contribution in [-0.4, -0.2) is 70.0 Å². The lowest BCUT2D eigenvalue weighted by molar-refractivity contribution is -0.870. The Morgan fingerprint density at radius 3 is 1.09 bits per heavy atom. The number of likely N-dealkylation sites (N-methyl/N-ethyl adjacent to an activating group) is 1. The van der Waals surface area contributed by atoms with E-state index in [0.29, 0.717) is 17.4 Å². The number of esters is 2. The average molecular weight is 1110 g/mol. The van der Waals surface area contributed by atoms with E-state index in [9.17, 15) is 19.0 Å². The van der Waals surface area contributed by atoms with Crippen LogP contribution in [-0.2, 0) is 32.7 Å². The van der Waals surface area contributed by atoms with Gasteiger partial charge in [-0.05, 0) is 70.6 Å². The molecular weight excluding hydrogens is 990 g/mol. The van der Waals surface area contributed by atoms with E-state index in [4.69, 9.17) is 18.5 Å². The lowest BCUT2D eigenvalue weighted by atomic mass is 10.0. The Morgan fingerprint density at radius 1 is 0.410 bits per heavy atom. The van der Waals surface area contributed by atoms with E-state index in [2.05, 4.69) is 98.9 Å². The highest BCUT2D eigenvalue weighted by Crippen LogP contribution is 2.38. The predicted octanol–water partition coefficient (Wildman–Crippen LogP) is 20.0. The number of phosphoric ester groups is 1. The summed E-state index contributed by atoms with van der Waals surface area (Å²) in [5.41, 5.74) is 0. The molecule has 0 heterocycles. The number of hydrogen-bond donors (Lipinski definition) is 0. The number of nitrogens with zero attached hydrogens (tertiary/aromatic N) is 1. The Kier molecular flexibility index (Phi) is 56.7. The van der Waals surface area contributed by atoms with Crippen LogP contribution in [0, 0.1) is 0 Å². The van der Waals surface area contributed by atoms with Gasteiger partial charge < -0.3 is 27.9 Å². The highest BCUT2D eigenvalue weighted by molar-refractivity contribution is 7.45. The van der Waals surface area contributed by atoms with Crippen molar-refractivity contribution in [2.45, 2.75) is 290 Å². The molecule has 0 spiro atoms. The first-order chi connectivity index (χ1) is 38.0. The standard InChI is InChI=1S/C68H122NO8P/c1-6-8-10-12-14-16-18-20-22-24-26-28-30-31-32-33-34-35-36-37-39-41-43-45-47-49-51-53-55-57-59-61-68(71)77-66(65-76-78(72,73)75-63-62-69(3,4)5)64-74-67(70)60-58-56-54-52-50-48-46-44-42-40-38-29-27-25-23-21-19-17-15-13-11-9-7-2/h8,10,14,16,20,22,26,28,31-32,34-35,37,39,66H,6-7,9,11-13,15,17-19,21,23-25,27,29-30,33,36,38,40-65H2,1-5H3/b10-8-,16-14-,22-20-,28-26-,32-31-,35-34-,39-37-. The van der Waals surface area contributed by atoms with E-state index < -0.39 is 26.5 Å². The molecule has 0 aromatic carbocycles. The quantitative estimate of drug-likeness (QED) is 0.0195. The minimum atomic E-state index is -4.64. The summed E-state index contributed by atoms with van der Waals surface area (Å²) >= 11 is 0. The summed E-state index contributed by atoms with van der Waals surface area (Å²) in [4.78, 5) is 38.0. The highest BCUT2D eigenvalue weighted by atomic mass is 31.2. The van der Waals surface area contributed by atoms with Crippen molar-refractivity contribution in [3.05, 3.63) is 85.1 Å². The summed E-state index contributed by atoms with van der Waals surface area (Å²) in [6.07, 6.45) is 79.3. The fourth-order valence-corrected chi connectivity index (χ4v) is 9.72. The molecule has 0 N–H and O–H groups in total. The maximum Gasteiger partial charge on any atom is 0.306 e.